The normalized spacial score (nSPS) is 24.4. The van der Waals surface area contributed by atoms with Crippen molar-refractivity contribution in [1.29, 1.82) is 0 Å². The van der Waals surface area contributed by atoms with E-state index in [1.807, 2.05) is 0 Å². The molecule has 0 aromatic heterocycles. The van der Waals surface area contributed by atoms with Gasteiger partial charge in [0, 0.05) is 6.61 Å². The molecule has 0 aromatic rings. The molecule has 1 aliphatic rings. The molecule has 1 rings (SSSR count). The van der Waals surface area contributed by atoms with Crippen LogP contribution in [0.4, 0.5) is 4.79 Å². The van der Waals surface area contributed by atoms with Crippen molar-refractivity contribution in [3.63, 3.8) is 0 Å². The monoisotopic (exact) mass is 144 g/mol. The van der Waals surface area contributed by atoms with E-state index in [1.54, 1.807) is 6.92 Å². The Morgan fingerprint density at radius 2 is 2.60 bits per heavy atom. The molecular formula is C4H8N4O2. The van der Waals surface area contributed by atoms with E-state index in [9.17, 15) is 4.79 Å². The molecule has 0 fully saturated rings. The number of hydrogen-bond donors (Lipinski definition) is 1. The zero-order valence-electron chi connectivity index (χ0n) is 5.52. The maximum absolute atomic E-state index is 10.5. The summed E-state index contributed by atoms with van der Waals surface area (Å²) in [7, 11) is 0. The van der Waals surface area contributed by atoms with Crippen LogP contribution in [0, 0.1) is 0 Å². The molecule has 0 aromatic carbocycles. The van der Waals surface area contributed by atoms with Crippen molar-refractivity contribution in [2.45, 2.75) is 13.3 Å². The van der Waals surface area contributed by atoms with Gasteiger partial charge in [-0.3, -0.25) is 0 Å². The Bertz CT molecular complexity index is 169. The Hall–Kier alpha value is -1.01. The molecule has 6 nitrogen and oxygen atoms in total. The van der Waals surface area contributed by atoms with Gasteiger partial charge in [0.05, 0.1) is 0 Å². The predicted octanol–water partition coefficient (Wildman–Crippen LogP) is 0.0680. The van der Waals surface area contributed by atoms with Gasteiger partial charge in [-0.15, -0.1) is 5.11 Å². The summed E-state index contributed by atoms with van der Waals surface area (Å²) in [4.78, 5) is 10.5. The van der Waals surface area contributed by atoms with E-state index in [2.05, 4.69) is 10.2 Å². The number of hydrogen-bond acceptors (Lipinski definition) is 4. The third kappa shape index (κ3) is 1.12. The van der Waals surface area contributed by atoms with Crippen molar-refractivity contribution in [3.05, 3.63) is 0 Å². The minimum atomic E-state index is -0.725. The largest absolute Gasteiger partial charge is 0.380 e. The molecular weight excluding hydrogens is 136 g/mol. The number of rotatable bonds is 2. The summed E-state index contributed by atoms with van der Waals surface area (Å²) < 4.78 is 4.91. The zero-order chi connectivity index (χ0) is 7.56. The minimum absolute atomic E-state index is 0.449. The Morgan fingerprint density at radius 3 is 3.00 bits per heavy atom. The number of ether oxygens (including phenoxy) is 1. The number of hydrazine groups is 1. The van der Waals surface area contributed by atoms with Crippen LogP contribution in [-0.4, -0.2) is 24.0 Å². The second-order valence-electron chi connectivity index (χ2n) is 1.69. The standard InChI is InChI=1S/C4H8N4O2/c1-2-10-4-7-6-3(9)8(4)5/h4H,2,5H2,1H3. The average molecular weight is 144 g/mol. The first-order valence-corrected chi connectivity index (χ1v) is 2.86. The summed E-state index contributed by atoms with van der Waals surface area (Å²) in [6, 6.07) is -0.571. The van der Waals surface area contributed by atoms with E-state index in [1.165, 1.54) is 0 Å². The predicted molar refractivity (Wildman–Crippen MR) is 31.7 cm³/mol. The number of urea groups is 1. The molecule has 10 heavy (non-hydrogen) atoms. The molecule has 6 heteroatoms. The van der Waals surface area contributed by atoms with Crippen molar-refractivity contribution in [1.82, 2.24) is 5.01 Å². The Kier molecular flexibility index (Phi) is 1.93. The quantitative estimate of drug-likeness (QED) is 0.439. The van der Waals surface area contributed by atoms with E-state index in [-0.39, 0.29) is 0 Å². The summed E-state index contributed by atoms with van der Waals surface area (Å²) >= 11 is 0. The van der Waals surface area contributed by atoms with E-state index in [4.69, 9.17) is 10.6 Å². The number of azo groups is 1. The first-order chi connectivity index (χ1) is 4.75. The Morgan fingerprint density at radius 1 is 1.90 bits per heavy atom. The summed E-state index contributed by atoms with van der Waals surface area (Å²) in [5.74, 6) is 5.18. The second-order valence-corrected chi connectivity index (χ2v) is 1.69. The molecule has 1 atom stereocenters. The van der Waals surface area contributed by atoms with Gasteiger partial charge >= 0.3 is 6.03 Å². The van der Waals surface area contributed by atoms with Crippen LogP contribution in [0.15, 0.2) is 10.2 Å². The SMILES string of the molecule is CCOC1N=NC(=O)N1N. The number of nitrogens with zero attached hydrogens (tertiary/aromatic N) is 3. The van der Waals surface area contributed by atoms with Crippen LogP contribution in [-0.2, 0) is 4.74 Å². The number of amides is 2. The van der Waals surface area contributed by atoms with Crippen molar-refractivity contribution < 1.29 is 9.53 Å². The second kappa shape index (κ2) is 2.72. The van der Waals surface area contributed by atoms with E-state index in [0.717, 1.165) is 5.01 Å². The fourth-order valence-corrected chi connectivity index (χ4v) is 0.563. The minimum Gasteiger partial charge on any atom is -0.337 e. The molecule has 0 saturated heterocycles. The molecule has 0 spiro atoms. The highest BCUT2D eigenvalue weighted by Crippen LogP contribution is 2.08. The highest BCUT2D eigenvalue weighted by Gasteiger charge is 2.26. The van der Waals surface area contributed by atoms with Gasteiger partial charge in [-0.25, -0.2) is 15.6 Å². The van der Waals surface area contributed by atoms with E-state index in [0.29, 0.717) is 6.61 Å². The fourth-order valence-electron chi connectivity index (χ4n) is 0.563. The number of carbonyl (C=O) groups is 1. The van der Waals surface area contributed by atoms with Crippen molar-refractivity contribution in [2.75, 3.05) is 6.61 Å². The molecule has 0 aliphatic carbocycles. The molecule has 0 radical (unpaired) electrons. The van der Waals surface area contributed by atoms with E-state index < -0.39 is 12.4 Å². The molecule has 0 bridgehead atoms. The summed E-state index contributed by atoms with van der Waals surface area (Å²) in [5, 5.41) is 7.46. The molecule has 0 saturated carbocycles. The van der Waals surface area contributed by atoms with E-state index >= 15 is 0 Å². The van der Waals surface area contributed by atoms with Gasteiger partial charge in [0.1, 0.15) is 0 Å². The van der Waals surface area contributed by atoms with Crippen LogP contribution in [0.2, 0.25) is 0 Å². The van der Waals surface area contributed by atoms with Crippen LogP contribution >= 0.6 is 0 Å². The molecule has 2 N–H and O–H groups in total. The van der Waals surface area contributed by atoms with Crippen molar-refractivity contribution in [2.24, 2.45) is 16.1 Å². The van der Waals surface area contributed by atoms with Gasteiger partial charge in [0.2, 0.25) is 0 Å². The van der Waals surface area contributed by atoms with Crippen LogP contribution < -0.4 is 5.84 Å². The lowest BCUT2D eigenvalue weighted by atomic mass is 10.8. The van der Waals surface area contributed by atoms with Gasteiger partial charge in [0.15, 0.2) is 0 Å². The third-order valence-corrected chi connectivity index (χ3v) is 1.02. The zero-order valence-corrected chi connectivity index (χ0v) is 5.52. The maximum atomic E-state index is 10.5. The topological polar surface area (TPSA) is 80.3 Å². The van der Waals surface area contributed by atoms with Gasteiger partial charge in [-0.1, -0.05) is 5.11 Å². The lowest BCUT2D eigenvalue weighted by molar-refractivity contribution is -0.0157. The van der Waals surface area contributed by atoms with Gasteiger partial charge in [-0.2, -0.15) is 0 Å². The number of carbonyl (C=O) groups excluding carboxylic acids is 1. The van der Waals surface area contributed by atoms with Gasteiger partial charge < -0.3 is 4.74 Å². The molecule has 56 valence electrons. The van der Waals surface area contributed by atoms with Crippen LogP contribution in [0.25, 0.3) is 0 Å². The van der Waals surface area contributed by atoms with Crippen molar-refractivity contribution in [3.8, 4) is 0 Å². The van der Waals surface area contributed by atoms with Crippen LogP contribution in [0.1, 0.15) is 6.92 Å². The highest BCUT2D eigenvalue weighted by molar-refractivity contribution is 5.75. The molecule has 1 aliphatic heterocycles. The molecule has 1 unspecified atom stereocenters. The van der Waals surface area contributed by atoms with Crippen LogP contribution in [0.5, 0.6) is 0 Å². The highest BCUT2D eigenvalue weighted by atomic mass is 16.5. The maximum Gasteiger partial charge on any atom is 0.380 e. The third-order valence-electron chi connectivity index (χ3n) is 1.02. The van der Waals surface area contributed by atoms with Gasteiger partial charge in [0.25, 0.3) is 6.35 Å². The van der Waals surface area contributed by atoms with Crippen molar-refractivity contribution >= 4 is 6.03 Å². The first-order valence-electron chi connectivity index (χ1n) is 2.86. The summed E-state index contributed by atoms with van der Waals surface area (Å²) in [6.07, 6.45) is -0.725. The number of nitrogens with two attached hydrogens (primary N) is 1. The molecule has 2 amide bonds. The first kappa shape index (κ1) is 7.10. The average Bonchev–Trinajstić information content (AvgIpc) is 2.20. The van der Waals surface area contributed by atoms with Gasteiger partial charge in [-0.05, 0) is 6.92 Å². The smallest absolute Gasteiger partial charge is 0.337 e. The fraction of sp³-hybridized carbons (Fsp3) is 0.750. The Balaban J connectivity index is 2.49. The summed E-state index contributed by atoms with van der Waals surface area (Å²) in [6.45, 7) is 2.23. The van der Waals surface area contributed by atoms with Crippen LogP contribution in [0.3, 0.4) is 0 Å². The lowest BCUT2D eigenvalue weighted by Crippen LogP contribution is -2.40. The lowest BCUT2D eigenvalue weighted by Gasteiger charge is -2.13. The summed E-state index contributed by atoms with van der Waals surface area (Å²) in [5.41, 5.74) is 0. The Labute approximate surface area is 57.6 Å². The molecule has 1 heterocycles.